The molecule has 2 N–H and O–H groups in total. The highest BCUT2D eigenvalue weighted by molar-refractivity contribution is 5.89. The molecule has 3 rings (SSSR count). The SMILES string of the molecule is O=C(CCOc1ccccc1F)NC1CCN(C(=O)Nc2ccccc2)CC1. The van der Waals surface area contributed by atoms with Crippen LogP contribution in [0.25, 0.3) is 0 Å². The van der Waals surface area contributed by atoms with E-state index in [1.54, 1.807) is 17.0 Å². The zero-order valence-electron chi connectivity index (χ0n) is 15.6. The maximum atomic E-state index is 13.5. The van der Waals surface area contributed by atoms with Crippen LogP contribution in [-0.4, -0.2) is 42.6 Å². The molecular formula is C21H24FN3O3. The van der Waals surface area contributed by atoms with Crippen LogP contribution < -0.4 is 15.4 Å². The van der Waals surface area contributed by atoms with Crippen LogP contribution >= 0.6 is 0 Å². The molecule has 1 saturated heterocycles. The van der Waals surface area contributed by atoms with Gasteiger partial charge in [0.1, 0.15) is 0 Å². The van der Waals surface area contributed by atoms with Gasteiger partial charge in [-0.3, -0.25) is 4.79 Å². The standard InChI is InChI=1S/C21H24FN3O3/c22-18-8-4-5-9-19(18)28-15-12-20(26)23-17-10-13-25(14-11-17)21(27)24-16-6-2-1-3-7-16/h1-9,17H,10-15H2,(H,23,26)(H,24,27). The van der Waals surface area contributed by atoms with Gasteiger partial charge < -0.3 is 20.3 Å². The average Bonchev–Trinajstić information content (AvgIpc) is 2.71. The van der Waals surface area contributed by atoms with Gasteiger partial charge >= 0.3 is 6.03 Å². The molecule has 28 heavy (non-hydrogen) atoms. The molecule has 6 nitrogen and oxygen atoms in total. The first kappa shape index (κ1) is 19.7. The van der Waals surface area contributed by atoms with Crippen LogP contribution in [0.1, 0.15) is 19.3 Å². The van der Waals surface area contributed by atoms with E-state index in [-0.39, 0.29) is 36.8 Å². The number of rotatable bonds is 6. The Labute approximate surface area is 163 Å². The summed E-state index contributed by atoms with van der Waals surface area (Å²) in [6.07, 6.45) is 1.55. The minimum atomic E-state index is -0.441. The fraction of sp³-hybridized carbons (Fsp3) is 0.333. The van der Waals surface area contributed by atoms with Crippen molar-refractivity contribution in [1.29, 1.82) is 0 Å². The van der Waals surface area contributed by atoms with Gasteiger partial charge in [-0.05, 0) is 37.1 Å². The molecule has 0 spiro atoms. The van der Waals surface area contributed by atoms with Crippen LogP contribution in [0, 0.1) is 5.82 Å². The first-order valence-corrected chi connectivity index (χ1v) is 9.39. The van der Waals surface area contributed by atoms with Gasteiger partial charge in [0.15, 0.2) is 11.6 Å². The normalized spacial score (nSPS) is 14.4. The molecule has 1 aliphatic rings. The van der Waals surface area contributed by atoms with Crippen molar-refractivity contribution in [3.8, 4) is 5.75 Å². The molecule has 0 atom stereocenters. The fourth-order valence-electron chi connectivity index (χ4n) is 3.07. The molecule has 2 aromatic rings. The Hall–Kier alpha value is -3.09. The molecule has 0 bridgehead atoms. The van der Waals surface area contributed by atoms with Crippen molar-refractivity contribution >= 4 is 17.6 Å². The summed E-state index contributed by atoms with van der Waals surface area (Å²) < 4.78 is 18.8. The van der Waals surface area contributed by atoms with Crippen LogP contribution in [0.3, 0.4) is 0 Å². The van der Waals surface area contributed by atoms with Crippen LogP contribution in [-0.2, 0) is 4.79 Å². The second kappa shape index (κ2) is 9.73. The van der Waals surface area contributed by atoms with Crippen molar-refractivity contribution in [2.75, 3.05) is 25.0 Å². The van der Waals surface area contributed by atoms with Crippen LogP contribution in [0.5, 0.6) is 5.75 Å². The number of ether oxygens (including phenoxy) is 1. The predicted molar refractivity (Wildman–Crippen MR) is 105 cm³/mol. The molecule has 0 radical (unpaired) electrons. The molecule has 1 heterocycles. The summed E-state index contributed by atoms with van der Waals surface area (Å²) in [4.78, 5) is 26.1. The summed E-state index contributed by atoms with van der Waals surface area (Å²) in [5, 5.41) is 5.83. The number of carbonyl (C=O) groups excluding carboxylic acids is 2. The second-order valence-electron chi connectivity index (χ2n) is 6.65. The van der Waals surface area contributed by atoms with E-state index in [2.05, 4.69) is 10.6 Å². The second-order valence-corrected chi connectivity index (χ2v) is 6.65. The maximum Gasteiger partial charge on any atom is 0.321 e. The number of halogens is 1. The van der Waals surface area contributed by atoms with E-state index >= 15 is 0 Å². The Morgan fingerprint density at radius 1 is 1.04 bits per heavy atom. The molecule has 1 aliphatic heterocycles. The molecule has 7 heteroatoms. The number of hydrogen-bond donors (Lipinski definition) is 2. The lowest BCUT2D eigenvalue weighted by Gasteiger charge is -2.32. The fourth-order valence-corrected chi connectivity index (χ4v) is 3.07. The third kappa shape index (κ3) is 5.70. The molecule has 0 saturated carbocycles. The number of piperidine rings is 1. The molecule has 2 aromatic carbocycles. The molecule has 0 aliphatic carbocycles. The lowest BCUT2D eigenvalue weighted by molar-refractivity contribution is -0.122. The Balaban J connectivity index is 1.35. The van der Waals surface area contributed by atoms with Gasteiger partial charge in [0.05, 0.1) is 13.0 Å². The van der Waals surface area contributed by atoms with Crippen molar-refractivity contribution in [1.82, 2.24) is 10.2 Å². The topological polar surface area (TPSA) is 70.7 Å². The number of nitrogens with zero attached hydrogens (tertiary/aromatic N) is 1. The van der Waals surface area contributed by atoms with Crippen molar-refractivity contribution in [3.05, 3.63) is 60.4 Å². The minimum absolute atomic E-state index is 0.0294. The van der Waals surface area contributed by atoms with Crippen molar-refractivity contribution in [3.63, 3.8) is 0 Å². The number of benzene rings is 2. The Bertz CT molecular complexity index is 792. The van der Waals surface area contributed by atoms with Crippen molar-refractivity contribution in [2.45, 2.75) is 25.3 Å². The van der Waals surface area contributed by atoms with Gasteiger partial charge in [0, 0.05) is 24.8 Å². The third-order valence-corrected chi connectivity index (χ3v) is 4.60. The summed E-state index contributed by atoms with van der Waals surface area (Å²) >= 11 is 0. The molecule has 1 fully saturated rings. The van der Waals surface area contributed by atoms with E-state index in [1.807, 2.05) is 30.3 Å². The number of hydrogen-bond acceptors (Lipinski definition) is 3. The molecule has 3 amide bonds. The lowest BCUT2D eigenvalue weighted by atomic mass is 10.1. The number of amides is 3. The Morgan fingerprint density at radius 2 is 1.71 bits per heavy atom. The number of anilines is 1. The lowest BCUT2D eigenvalue weighted by Crippen LogP contribution is -2.47. The zero-order chi connectivity index (χ0) is 19.8. The first-order chi connectivity index (χ1) is 13.6. The van der Waals surface area contributed by atoms with Gasteiger partial charge in [-0.25, -0.2) is 9.18 Å². The monoisotopic (exact) mass is 385 g/mol. The van der Waals surface area contributed by atoms with Gasteiger partial charge in [-0.1, -0.05) is 30.3 Å². The van der Waals surface area contributed by atoms with Crippen LogP contribution in [0.4, 0.5) is 14.9 Å². The Kier molecular flexibility index (Phi) is 6.84. The summed E-state index contributed by atoms with van der Waals surface area (Å²) in [5.74, 6) is -0.430. The smallest absolute Gasteiger partial charge is 0.321 e. The number of nitrogens with one attached hydrogen (secondary N) is 2. The van der Waals surface area contributed by atoms with E-state index in [9.17, 15) is 14.0 Å². The van der Waals surface area contributed by atoms with Gasteiger partial charge in [0.2, 0.25) is 5.91 Å². The first-order valence-electron chi connectivity index (χ1n) is 9.39. The number of likely N-dealkylation sites (tertiary alicyclic amines) is 1. The van der Waals surface area contributed by atoms with E-state index in [0.717, 1.165) is 5.69 Å². The third-order valence-electron chi connectivity index (χ3n) is 4.60. The van der Waals surface area contributed by atoms with Crippen molar-refractivity contribution < 1.29 is 18.7 Å². The van der Waals surface area contributed by atoms with Gasteiger partial charge in [-0.15, -0.1) is 0 Å². The molecular weight excluding hydrogens is 361 g/mol. The van der Waals surface area contributed by atoms with Crippen molar-refractivity contribution in [2.24, 2.45) is 0 Å². The van der Waals surface area contributed by atoms with E-state index in [4.69, 9.17) is 4.74 Å². The van der Waals surface area contributed by atoms with Gasteiger partial charge in [-0.2, -0.15) is 0 Å². The minimum Gasteiger partial charge on any atom is -0.490 e. The Morgan fingerprint density at radius 3 is 2.43 bits per heavy atom. The quantitative estimate of drug-likeness (QED) is 0.801. The number of para-hydroxylation sites is 2. The average molecular weight is 385 g/mol. The number of urea groups is 1. The number of carbonyl (C=O) groups is 2. The largest absolute Gasteiger partial charge is 0.490 e. The highest BCUT2D eigenvalue weighted by Gasteiger charge is 2.23. The predicted octanol–water partition coefficient (Wildman–Crippen LogP) is 3.41. The van der Waals surface area contributed by atoms with E-state index in [1.165, 1.54) is 12.1 Å². The molecule has 0 aromatic heterocycles. The summed E-state index contributed by atoms with van der Waals surface area (Å²) in [6, 6.07) is 15.3. The molecule has 0 unspecified atom stereocenters. The van der Waals surface area contributed by atoms with Crippen LogP contribution in [0.15, 0.2) is 54.6 Å². The highest BCUT2D eigenvalue weighted by Crippen LogP contribution is 2.16. The highest BCUT2D eigenvalue weighted by atomic mass is 19.1. The van der Waals surface area contributed by atoms with E-state index in [0.29, 0.717) is 25.9 Å². The zero-order valence-corrected chi connectivity index (χ0v) is 15.6. The summed E-state index contributed by atoms with van der Waals surface area (Å²) in [6.45, 7) is 1.27. The summed E-state index contributed by atoms with van der Waals surface area (Å²) in [7, 11) is 0. The van der Waals surface area contributed by atoms with Gasteiger partial charge in [0.25, 0.3) is 0 Å². The maximum absolute atomic E-state index is 13.5. The van der Waals surface area contributed by atoms with E-state index < -0.39 is 5.82 Å². The molecule has 148 valence electrons. The summed E-state index contributed by atoms with van der Waals surface area (Å²) in [5.41, 5.74) is 0.762. The van der Waals surface area contributed by atoms with Crippen LogP contribution in [0.2, 0.25) is 0 Å².